The van der Waals surface area contributed by atoms with Crippen LogP contribution in [0.1, 0.15) is 6.42 Å². The maximum atomic E-state index is 9.71. The molecular weight excluding hydrogens is 182 g/mol. The van der Waals surface area contributed by atoms with E-state index in [-0.39, 0.29) is 34.0 Å². The third-order valence-electron chi connectivity index (χ3n) is 0.689. The Balaban J connectivity index is -0.000000107. The van der Waals surface area contributed by atoms with Crippen LogP contribution >= 0.6 is 0 Å². The molecule has 0 radical (unpaired) electrons. The maximum absolute atomic E-state index is 9.71. The van der Waals surface area contributed by atoms with Crippen LogP contribution < -0.4 is 15.9 Å². The standard InChI is InChI=1S/C4H7NO4.Mg.2H2O/c5-2(4(8)9)1-3(6)7;;;/h2H,1,5H2,(H,6,7)(H,8,9);;2*1H2/q;+2;;/p-2/t2-;;;/m1.../s1. The molecule has 0 bridgehead atoms. The van der Waals surface area contributed by atoms with Gasteiger partial charge in [-0.05, 0) is 0 Å². The average molecular weight is 191 g/mol. The summed E-state index contributed by atoms with van der Waals surface area (Å²) < 4.78 is 0. The van der Waals surface area contributed by atoms with Crippen LogP contribution in [0.25, 0.3) is 0 Å². The van der Waals surface area contributed by atoms with Crippen molar-refractivity contribution in [1.29, 1.82) is 0 Å². The number of carboxylic acids is 2. The molecule has 0 aliphatic carbocycles. The molecule has 0 aromatic rings. The molecule has 1 atom stereocenters. The molecule has 0 spiro atoms. The molecule has 0 saturated heterocycles. The third-order valence-corrected chi connectivity index (χ3v) is 0.689. The summed E-state index contributed by atoms with van der Waals surface area (Å²) in [5, 5.41) is 19.3. The first-order chi connectivity index (χ1) is 4.04. The minimum Gasteiger partial charge on any atom is -0.550 e. The van der Waals surface area contributed by atoms with E-state index >= 15 is 0 Å². The van der Waals surface area contributed by atoms with Gasteiger partial charge in [0.25, 0.3) is 0 Å². The zero-order valence-corrected chi connectivity index (χ0v) is 7.62. The van der Waals surface area contributed by atoms with Crippen molar-refractivity contribution in [3.8, 4) is 0 Å². The largest absolute Gasteiger partial charge is 2.00 e. The number of carbonyl (C=O) groups excluding carboxylic acids is 2. The third kappa shape index (κ3) is 12.3. The molecule has 8 heteroatoms. The molecule has 12 heavy (non-hydrogen) atoms. The number of nitrogens with two attached hydrogens (primary N) is 1. The van der Waals surface area contributed by atoms with E-state index in [4.69, 9.17) is 5.73 Å². The van der Waals surface area contributed by atoms with Crippen LogP contribution in [0.4, 0.5) is 0 Å². The summed E-state index contributed by atoms with van der Waals surface area (Å²) in [7, 11) is 0. The second-order valence-electron chi connectivity index (χ2n) is 1.50. The van der Waals surface area contributed by atoms with E-state index in [0.717, 1.165) is 0 Å². The number of hydrogen-bond acceptors (Lipinski definition) is 5. The quantitative estimate of drug-likeness (QED) is 0.437. The van der Waals surface area contributed by atoms with Gasteiger partial charge in [0.1, 0.15) is 0 Å². The summed E-state index contributed by atoms with van der Waals surface area (Å²) >= 11 is 0. The van der Waals surface area contributed by atoms with E-state index in [9.17, 15) is 19.8 Å². The van der Waals surface area contributed by atoms with Crippen molar-refractivity contribution in [1.82, 2.24) is 0 Å². The predicted octanol–water partition coefficient (Wildman–Crippen LogP) is -5.83. The number of hydrogen-bond donors (Lipinski definition) is 1. The fraction of sp³-hybridized carbons (Fsp3) is 0.500. The van der Waals surface area contributed by atoms with Gasteiger partial charge in [0, 0.05) is 18.4 Å². The van der Waals surface area contributed by atoms with Gasteiger partial charge in [-0.25, -0.2) is 0 Å². The Labute approximate surface area is 84.3 Å². The molecule has 68 valence electrons. The first kappa shape index (κ1) is 22.6. The number of aliphatic carboxylic acids is 2. The van der Waals surface area contributed by atoms with E-state index in [1.165, 1.54) is 0 Å². The van der Waals surface area contributed by atoms with E-state index in [1.54, 1.807) is 0 Å². The van der Waals surface area contributed by atoms with Crippen LogP contribution in [-0.4, -0.2) is 52.0 Å². The number of carbonyl (C=O) groups is 2. The molecule has 0 unspecified atom stereocenters. The van der Waals surface area contributed by atoms with Crippen molar-refractivity contribution in [3.05, 3.63) is 0 Å². The molecule has 0 rings (SSSR count). The monoisotopic (exact) mass is 191 g/mol. The molecule has 0 saturated carbocycles. The summed E-state index contributed by atoms with van der Waals surface area (Å²) in [6, 6.07) is -1.46. The van der Waals surface area contributed by atoms with E-state index < -0.39 is 24.4 Å². The summed E-state index contributed by atoms with van der Waals surface area (Å²) in [6.45, 7) is 0. The van der Waals surface area contributed by atoms with Crippen LogP contribution in [0.2, 0.25) is 0 Å². The molecule has 7 nitrogen and oxygen atoms in total. The average Bonchev–Trinajstić information content (AvgIpc) is 1.63. The first-order valence-corrected chi connectivity index (χ1v) is 2.20. The normalized spacial score (nSPS) is 9.42. The van der Waals surface area contributed by atoms with Crippen LogP contribution in [-0.2, 0) is 9.59 Å². The van der Waals surface area contributed by atoms with Crippen LogP contribution in [0.15, 0.2) is 0 Å². The molecule has 0 amide bonds. The Kier molecular flexibility index (Phi) is 19.9. The van der Waals surface area contributed by atoms with Gasteiger partial charge in [0.2, 0.25) is 0 Å². The summed E-state index contributed by atoms with van der Waals surface area (Å²) in [6.07, 6.45) is -0.706. The molecule has 0 aromatic heterocycles. The second kappa shape index (κ2) is 10.6. The zero-order chi connectivity index (χ0) is 7.44. The Bertz CT molecular complexity index is 140. The van der Waals surface area contributed by atoms with E-state index in [1.807, 2.05) is 0 Å². The van der Waals surface area contributed by atoms with Crippen molar-refractivity contribution in [2.75, 3.05) is 0 Å². The summed E-state index contributed by atoms with van der Waals surface area (Å²) in [5.41, 5.74) is 4.73. The fourth-order valence-electron chi connectivity index (χ4n) is 0.263. The first-order valence-electron chi connectivity index (χ1n) is 2.20. The van der Waals surface area contributed by atoms with Crippen LogP contribution in [0, 0.1) is 0 Å². The number of rotatable bonds is 3. The predicted molar refractivity (Wildman–Crippen MR) is 35.6 cm³/mol. The molecule has 6 N–H and O–H groups in total. The Morgan fingerprint density at radius 3 is 1.67 bits per heavy atom. The fourth-order valence-corrected chi connectivity index (χ4v) is 0.263. The Morgan fingerprint density at radius 2 is 1.58 bits per heavy atom. The molecular formula is C4H9MgNO6. The van der Waals surface area contributed by atoms with Crippen LogP contribution in [0.3, 0.4) is 0 Å². The maximum Gasteiger partial charge on any atom is 2.00 e. The number of carboxylic acid groups (broad SMARTS) is 2. The molecule has 0 aliphatic heterocycles. The van der Waals surface area contributed by atoms with Gasteiger partial charge in [0.05, 0.1) is 5.97 Å². The van der Waals surface area contributed by atoms with Crippen molar-refractivity contribution in [2.24, 2.45) is 5.73 Å². The topological polar surface area (TPSA) is 169 Å². The molecule has 0 aromatic carbocycles. The molecule has 0 fully saturated rings. The second-order valence-corrected chi connectivity index (χ2v) is 1.50. The summed E-state index contributed by atoms with van der Waals surface area (Å²) in [4.78, 5) is 19.3. The van der Waals surface area contributed by atoms with Gasteiger partial charge in [-0.3, -0.25) is 0 Å². The van der Waals surface area contributed by atoms with Crippen LogP contribution in [0.5, 0.6) is 0 Å². The molecule has 0 aliphatic rings. The van der Waals surface area contributed by atoms with Gasteiger partial charge < -0.3 is 36.5 Å². The van der Waals surface area contributed by atoms with Gasteiger partial charge in [-0.15, -0.1) is 0 Å². The smallest absolute Gasteiger partial charge is 0.550 e. The summed E-state index contributed by atoms with van der Waals surface area (Å²) in [5.74, 6) is -3.08. The zero-order valence-electron chi connectivity index (χ0n) is 6.20. The van der Waals surface area contributed by atoms with Crippen molar-refractivity contribution in [3.63, 3.8) is 0 Å². The Hall–Kier alpha value is -0.414. The van der Waals surface area contributed by atoms with Gasteiger partial charge in [-0.1, -0.05) is 0 Å². The molecule has 0 heterocycles. The Morgan fingerprint density at radius 1 is 1.25 bits per heavy atom. The van der Waals surface area contributed by atoms with Crippen molar-refractivity contribution in [2.45, 2.75) is 12.5 Å². The van der Waals surface area contributed by atoms with E-state index in [2.05, 4.69) is 0 Å². The van der Waals surface area contributed by atoms with Gasteiger partial charge >= 0.3 is 23.1 Å². The van der Waals surface area contributed by atoms with Gasteiger partial charge in [0.15, 0.2) is 0 Å². The minimum atomic E-state index is -1.58. The van der Waals surface area contributed by atoms with Gasteiger partial charge in [-0.2, -0.15) is 0 Å². The van der Waals surface area contributed by atoms with Crippen molar-refractivity contribution >= 4 is 35.0 Å². The minimum absolute atomic E-state index is 0. The van der Waals surface area contributed by atoms with Crippen molar-refractivity contribution < 1.29 is 30.8 Å². The SMILES string of the molecule is N[C@H](CC(=O)[O-])C(=O)[O-].O.O.[Mg+2]. The van der Waals surface area contributed by atoms with E-state index in [0.29, 0.717) is 0 Å².